The van der Waals surface area contributed by atoms with E-state index in [0.29, 0.717) is 16.3 Å². The van der Waals surface area contributed by atoms with Crippen LogP contribution in [0.3, 0.4) is 0 Å². The number of ether oxygens (including phenoxy) is 2. The Morgan fingerprint density at radius 3 is 2.83 bits per heavy atom. The highest BCUT2D eigenvalue weighted by molar-refractivity contribution is 6.31. The van der Waals surface area contributed by atoms with Gasteiger partial charge >= 0.3 is 6.09 Å². The minimum Gasteiger partial charge on any atom is -0.490 e. The first-order valence-electron chi connectivity index (χ1n) is 7.07. The Balaban J connectivity index is 1.60. The number of Topliss-reactive ketones (excluding diaryl/α,β-unsaturated/α-hetero) is 1. The van der Waals surface area contributed by atoms with Crippen LogP contribution in [0.1, 0.15) is 15.9 Å². The number of benzene rings is 2. The molecule has 0 aliphatic carbocycles. The molecule has 2 aromatic carbocycles. The first-order valence-corrected chi connectivity index (χ1v) is 7.45. The molecule has 0 bridgehead atoms. The molecule has 2 aromatic rings. The van der Waals surface area contributed by atoms with Crippen LogP contribution in [-0.2, 0) is 11.3 Å². The Bertz CT molecular complexity index is 733. The zero-order valence-electron chi connectivity index (χ0n) is 12.1. The fourth-order valence-electron chi connectivity index (χ4n) is 2.27. The average Bonchev–Trinajstić information content (AvgIpc) is 2.57. The average molecular weight is 332 g/mol. The number of rotatable bonds is 3. The van der Waals surface area contributed by atoms with Gasteiger partial charge in [-0.3, -0.25) is 4.79 Å². The van der Waals surface area contributed by atoms with Crippen LogP contribution in [0.25, 0.3) is 0 Å². The molecule has 1 atom stereocenters. The summed E-state index contributed by atoms with van der Waals surface area (Å²) in [5, 5.41) is 2.96. The third-order valence-electron chi connectivity index (χ3n) is 3.43. The molecule has 1 aliphatic heterocycles. The highest BCUT2D eigenvalue weighted by atomic mass is 35.5. The Labute approximate surface area is 138 Å². The predicted octanol–water partition coefficient (Wildman–Crippen LogP) is 3.21. The summed E-state index contributed by atoms with van der Waals surface area (Å²) in [5.41, 5.74) is 1.23. The largest absolute Gasteiger partial charge is 0.490 e. The molecule has 5 nitrogen and oxygen atoms in total. The van der Waals surface area contributed by atoms with Gasteiger partial charge in [-0.15, -0.1) is 0 Å². The zero-order valence-corrected chi connectivity index (χ0v) is 12.9. The molecule has 23 heavy (non-hydrogen) atoms. The van der Waals surface area contributed by atoms with E-state index in [1.165, 1.54) is 6.07 Å². The Morgan fingerprint density at radius 2 is 2.04 bits per heavy atom. The van der Waals surface area contributed by atoms with Gasteiger partial charge in [0.15, 0.2) is 5.78 Å². The Hall–Kier alpha value is -2.53. The number of alkyl carbamates (subject to hydrolysis) is 1. The van der Waals surface area contributed by atoms with Gasteiger partial charge in [0.2, 0.25) is 0 Å². The van der Waals surface area contributed by atoms with Crippen molar-refractivity contribution in [1.82, 2.24) is 5.32 Å². The van der Waals surface area contributed by atoms with E-state index in [1.54, 1.807) is 12.1 Å². The summed E-state index contributed by atoms with van der Waals surface area (Å²) in [4.78, 5) is 24.2. The molecular formula is C17H14ClNO4. The molecule has 118 valence electrons. The monoisotopic (exact) mass is 331 g/mol. The smallest absolute Gasteiger partial charge is 0.408 e. The highest BCUT2D eigenvalue weighted by Gasteiger charge is 2.30. The molecule has 0 saturated heterocycles. The molecule has 3 rings (SSSR count). The number of fused-ring (bicyclic) bond motifs is 1. The fourth-order valence-corrected chi connectivity index (χ4v) is 2.44. The minimum absolute atomic E-state index is 0.0634. The zero-order chi connectivity index (χ0) is 16.2. The van der Waals surface area contributed by atoms with Crippen LogP contribution in [0.4, 0.5) is 4.79 Å². The minimum atomic E-state index is -0.788. The van der Waals surface area contributed by atoms with Gasteiger partial charge in [-0.05, 0) is 23.8 Å². The molecule has 0 fully saturated rings. The van der Waals surface area contributed by atoms with Crippen molar-refractivity contribution in [3.8, 4) is 5.75 Å². The van der Waals surface area contributed by atoms with Gasteiger partial charge in [0.05, 0.1) is 5.56 Å². The normalized spacial score (nSPS) is 16.2. The van der Waals surface area contributed by atoms with Gasteiger partial charge in [-0.25, -0.2) is 4.79 Å². The molecule has 1 unspecified atom stereocenters. The standard InChI is InChI=1S/C17H14ClNO4/c18-12-6-7-15-13(8-12)16(20)14(10-22-15)19-17(21)23-9-11-4-2-1-3-5-11/h1-8,14H,9-10H2,(H,19,21). The van der Waals surface area contributed by atoms with Crippen molar-refractivity contribution in [2.75, 3.05) is 6.61 Å². The number of ketones is 1. The molecule has 6 heteroatoms. The lowest BCUT2D eigenvalue weighted by atomic mass is 10.0. The summed E-state index contributed by atoms with van der Waals surface area (Å²) >= 11 is 5.89. The number of hydrogen-bond donors (Lipinski definition) is 1. The molecule has 1 heterocycles. The SMILES string of the molecule is O=C(NC1COc2ccc(Cl)cc2C1=O)OCc1ccccc1. The van der Waals surface area contributed by atoms with E-state index in [1.807, 2.05) is 30.3 Å². The van der Waals surface area contributed by atoms with Crippen molar-refractivity contribution in [3.05, 3.63) is 64.7 Å². The lowest BCUT2D eigenvalue weighted by Gasteiger charge is -2.24. The van der Waals surface area contributed by atoms with Crippen LogP contribution in [0, 0.1) is 0 Å². The van der Waals surface area contributed by atoms with Crippen molar-refractivity contribution >= 4 is 23.5 Å². The van der Waals surface area contributed by atoms with Crippen LogP contribution < -0.4 is 10.1 Å². The summed E-state index contributed by atoms with van der Waals surface area (Å²) in [6.07, 6.45) is -0.665. The summed E-state index contributed by atoms with van der Waals surface area (Å²) in [6, 6.07) is 13.3. The molecule has 1 amide bonds. The van der Waals surface area contributed by atoms with Gasteiger partial charge < -0.3 is 14.8 Å². The summed E-state index contributed by atoms with van der Waals surface area (Å²) < 4.78 is 10.6. The fraction of sp³-hybridized carbons (Fsp3) is 0.176. The molecule has 0 aromatic heterocycles. The summed E-state index contributed by atoms with van der Waals surface area (Å²) in [5.74, 6) is 0.223. The van der Waals surface area contributed by atoms with E-state index in [4.69, 9.17) is 21.1 Å². The number of hydrogen-bond acceptors (Lipinski definition) is 4. The first kappa shape index (κ1) is 15.4. The Kier molecular flexibility index (Phi) is 4.48. The number of amides is 1. The van der Waals surface area contributed by atoms with Crippen molar-refractivity contribution < 1.29 is 19.1 Å². The van der Waals surface area contributed by atoms with E-state index < -0.39 is 12.1 Å². The van der Waals surface area contributed by atoms with E-state index >= 15 is 0 Å². The topological polar surface area (TPSA) is 64.6 Å². The van der Waals surface area contributed by atoms with E-state index in [-0.39, 0.29) is 19.0 Å². The van der Waals surface area contributed by atoms with Crippen LogP contribution in [0.2, 0.25) is 5.02 Å². The molecule has 0 spiro atoms. The van der Waals surface area contributed by atoms with Crippen LogP contribution in [-0.4, -0.2) is 24.5 Å². The van der Waals surface area contributed by atoms with Gasteiger partial charge in [-0.1, -0.05) is 41.9 Å². The van der Waals surface area contributed by atoms with Crippen molar-refractivity contribution in [2.24, 2.45) is 0 Å². The van der Waals surface area contributed by atoms with E-state index in [2.05, 4.69) is 5.32 Å². The molecular weight excluding hydrogens is 318 g/mol. The predicted molar refractivity (Wildman–Crippen MR) is 84.8 cm³/mol. The van der Waals surface area contributed by atoms with Gasteiger partial charge in [-0.2, -0.15) is 0 Å². The lowest BCUT2D eigenvalue weighted by Crippen LogP contribution is -2.47. The van der Waals surface area contributed by atoms with Crippen molar-refractivity contribution in [2.45, 2.75) is 12.6 Å². The first-order chi connectivity index (χ1) is 11.1. The third-order valence-corrected chi connectivity index (χ3v) is 3.67. The lowest BCUT2D eigenvalue weighted by molar-refractivity contribution is 0.0837. The quantitative estimate of drug-likeness (QED) is 0.938. The Morgan fingerprint density at radius 1 is 1.26 bits per heavy atom. The summed E-state index contributed by atoms with van der Waals surface area (Å²) in [7, 11) is 0. The van der Waals surface area contributed by atoms with Crippen molar-refractivity contribution in [3.63, 3.8) is 0 Å². The second kappa shape index (κ2) is 6.71. The second-order valence-electron chi connectivity index (χ2n) is 5.07. The maximum atomic E-state index is 12.4. The number of carbonyl (C=O) groups excluding carboxylic acids is 2. The van der Waals surface area contributed by atoms with Crippen molar-refractivity contribution in [1.29, 1.82) is 0 Å². The highest BCUT2D eigenvalue weighted by Crippen LogP contribution is 2.27. The maximum absolute atomic E-state index is 12.4. The maximum Gasteiger partial charge on any atom is 0.408 e. The van der Waals surface area contributed by atoms with Gasteiger partial charge in [0.25, 0.3) is 0 Å². The molecule has 1 aliphatic rings. The van der Waals surface area contributed by atoms with Crippen LogP contribution >= 0.6 is 11.6 Å². The second-order valence-corrected chi connectivity index (χ2v) is 5.51. The van der Waals surface area contributed by atoms with E-state index in [0.717, 1.165) is 5.56 Å². The number of nitrogens with one attached hydrogen (secondary N) is 1. The number of carbonyl (C=O) groups is 2. The molecule has 1 N–H and O–H groups in total. The summed E-state index contributed by atoms with van der Waals surface area (Å²) in [6.45, 7) is 0.199. The third kappa shape index (κ3) is 3.63. The van der Waals surface area contributed by atoms with Gasteiger partial charge in [0, 0.05) is 5.02 Å². The van der Waals surface area contributed by atoms with Crippen LogP contribution in [0.15, 0.2) is 48.5 Å². The van der Waals surface area contributed by atoms with Crippen LogP contribution in [0.5, 0.6) is 5.75 Å². The van der Waals surface area contributed by atoms with Gasteiger partial charge in [0.1, 0.15) is 25.0 Å². The number of halogens is 1. The molecule has 0 saturated carbocycles. The van der Waals surface area contributed by atoms with E-state index in [9.17, 15) is 9.59 Å². The molecule has 0 radical (unpaired) electrons.